The number of amides is 1. The molecule has 3 nitrogen and oxygen atoms in total. The maximum atomic E-state index is 12.9. The monoisotopic (exact) mass is 372 g/mol. The molecule has 0 aliphatic rings. The Kier molecular flexibility index (Phi) is 4.08. The van der Waals surface area contributed by atoms with Crippen LogP contribution in [0.3, 0.4) is 0 Å². The minimum absolute atomic E-state index is 0.342. The van der Waals surface area contributed by atoms with Crippen LogP contribution in [0.2, 0.25) is 0 Å². The van der Waals surface area contributed by atoms with Crippen LogP contribution in [-0.2, 0) is 0 Å². The van der Waals surface area contributed by atoms with Crippen molar-refractivity contribution >= 4 is 43.6 Å². The first-order valence-corrected chi connectivity index (χ1v) is 6.53. The Bertz CT molecular complexity index is 604. The highest BCUT2D eigenvalue weighted by Crippen LogP contribution is 2.22. The smallest absolute Gasteiger partial charge is 0.257 e. The summed E-state index contributed by atoms with van der Waals surface area (Å²) in [6.45, 7) is 0. The second kappa shape index (κ2) is 5.58. The van der Waals surface area contributed by atoms with Gasteiger partial charge in [-0.25, -0.2) is 9.37 Å². The first kappa shape index (κ1) is 13.2. The molecule has 18 heavy (non-hydrogen) atoms. The van der Waals surface area contributed by atoms with Crippen LogP contribution >= 0.6 is 31.9 Å². The predicted molar refractivity (Wildman–Crippen MR) is 74.0 cm³/mol. The summed E-state index contributed by atoms with van der Waals surface area (Å²) in [6.07, 6.45) is 1.57. The van der Waals surface area contributed by atoms with Gasteiger partial charge in [-0.05, 0) is 62.2 Å². The Hall–Kier alpha value is -1.27. The molecule has 1 aromatic heterocycles. The Balaban J connectivity index is 2.25. The molecule has 1 heterocycles. The third kappa shape index (κ3) is 2.94. The summed E-state index contributed by atoms with van der Waals surface area (Å²) in [7, 11) is 0. The topological polar surface area (TPSA) is 42.0 Å². The average molecular weight is 374 g/mol. The highest BCUT2D eigenvalue weighted by atomic mass is 79.9. The van der Waals surface area contributed by atoms with Crippen molar-refractivity contribution in [2.24, 2.45) is 0 Å². The lowest BCUT2D eigenvalue weighted by Gasteiger charge is -2.07. The van der Waals surface area contributed by atoms with Gasteiger partial charge in [0, 0.05) is 10.7 Å². The molecular weight excluding hydrogens is 367 g/mol. The zero-order chi connectivity index (χ0) is 13.1. The number of nitrogens with one attached hydrogen (secondary N) is 1. The summed E-state index contributed by atoms with van der Waals surface area (Å²) >= 11 is 6.43. The van der Waals surface area contributed by atoms with Gasteiger partial charge in [0.15, 0.2) is 0 Å². The maximum absolute atomic E-state index is 12.9. The van der Waals surface area contributed by atoms with E-state index in [1.165, 1.54) is 18.2 Å². The first-order chi connectivity index (χ1) is 8.58. The van der Waals surface area contributed by atoms with Gasteiger partial charge in [-0.1, -0.05) is 0 Å². The molecule has 0 spiro atoms. The number of rotatable bonds is 2. The van der Waals surface area contributed by atoms with Crippen molar-refractivity contribution in [3.63, 3.8) is 0 Å². The summed E-state index contributed by atoms with van der Waals surface area (Å²) in [5.74, 6) is -0.350. The molecular formula is C12H7Br2FN2O. The van der Waals surface area contributed by atoms with E-state index >= 15 is 0 Å². The van der Waals surface area contributed by atoms with Crippen molar-refractivity contribution in [3.8, 4) is 0 Å². The van der Waals surface area contributed by atoms with Crippen LogP contribution in [0.5, 0.6) is 0 Å². The van der Waals surface area contributed by atoms with Crippen LogP contribution in [0.15, 0.2) is 45.5 Å². The molecule has 0 radical (unpaired) electrons. The Morgan fingerprint density at radius 2 is 2.00 bits per heavy atom. The van der Waals surface area contributed by atoms with Crippen LogP contribution in [-0.4, -0.2) is 10.9 Å². The van der Waals surface area contributed by atoms with E-state index in [-0.39, 0.29) is 5.91 Å². The largest absolute Gasteiger partial charge is 0.306 e. The standard InChI is InChI=1S/C12H7Br2FN2O/c13-9-2-1-5-16-11(9)17-12(18)8-4-3-7(15)6-10(8)14/h1-6H,(H,16,17,18). The van der Waals surface area contributed by atoms with Gasteiger partial charge in [-0.3, -0.25) is 4.79 Å². The van der Waals surface area contributed by atoms with Crippen LogP contribution in [0, 0.1) is 5.82 Å². The van der Waals surface area contributed by atoms with Gasteiger partial charge in [0.05, 0.1) is 10.0 Å². The van der Waals surface area contributed by atoms with E-state index in [2.05, 4.69) is 42.2 Å². The van der Waals surface area contributed by atoms with Crippen LogP contribution in [0.4, 0.5) is 10.2 Å². The van der Waals surface area contributed by atoms with E-state index in [1.54, 1.807) is 18.3 Å². The van der Waals surface area contributed by atoms with Gasteiger partial charge in [0.25, 0.3) is 5.91 Å². The minimum Gasteiger partial charge on any atom is -0.306 e. The lowest BCUT2D eigenvalue weighted by molar-refractivity contribution is 0.102. The molecule has 0 aliphatic carbocycles. The second-order valence-electron chi connectivity index (χ2n) is 3.41. The number of benzene rings is 1. The molecule has 1 amide bonds. The molecule has 0 unspecified atom stereocenters. The fraction of sp³-hybridized carbons (Fsp3) is 0. The molecule has 6 heteroatoms. The maximum Gasteiger partial charge on any atom is 0.257 e. The number of carbonyl (C=O) groups is 1. The Morgan fingerprint density at radius 1 is 1.22 bits per heavy atom. The molecule has 0 aliphatic heterocycles. The Labute approximate surface area is 120 Å². The van der Waals surface area contributed by atoms with Crippen molar-refractivity contribution in [1.29, 1.82) is 0 Å². The fourth-order valence-corrected chi connectivity index (χ4v) is 2.21. The molecule has 0 saturated carbocycles. The molecule has 1 N–H and O–H groups in total. The summed E-state index contributed by atoms with van der Waals surface area (Å²) < 4.78 is 14.0. The number of hydrogen-bond acceptors (Lipinski definition) is 2. The van der Waals surface area contributed by atoms with Crippen LogP contribution in [0.1, 0.15) is 10.4 Å². The van der Waals surface area contributed by atoms with E-state index in [9.17, 15) is 9.18 Å². The first-order valence-electron chi connectivity index (χ1n) is 4.95. The van der Waals surface area contributed by atoms with Crippen LogP contribution in [0.25, 0.3) is 0 Å². The van der Waals surface area contributed by atoms with E-state index in [0.717, 1.165) is 0 Å². The number of aromatic nitrogens is 1. The third-order valence-electron chi connectivity index (χ3n) is 2.17. The summed E-state index contributed by atoms with van der Waals surface area (Å²) in [5, 5.41) is 2.64. The number of carbonyl (C=O) groups excluding carboxylic acids is 1. The summed E-state index contributed by atoms with van der Waals surface area (Å²) in [4.78, 5) is 16.0. The molecule has 0 fully saturated rings. The van der Waals surface area contributed by atoms with Crippen molar-refractivity contribution < 1.29 is 9.18 Å². The molecule has 92 valence electrons. The second-order valence-corrected chi connectivity index (χ2v) is 5.12. The molecule has 0 atom stereocenters. The fourth-order valence-electron chi connectivity index (χ4n) is 1.33. The van der Waals surface area contributed by atoms with Crippen molar-refractivity contribution in [1.82, 2.24) is 4.98 Å². The zero-order valence-corrected chi connectivity index (χ0v) is 12.1. The quantitative estimate of drug-likeness (QED) is 0.864. The molecule has 2 aromatic rings. The highest BCUT2D eigenvalue weighted by Gasteiger charge is 2.12. The molecule has 0 saturated heterocycles. The van der Waals surface area contributed by atoms with E-state index in [0.29, 0.717) is 20.3 Å². The molecule has 1 aromatic carbocycles. The number of anilines is 1. The van der Waals surface area contributed by atoms with Crippen molar-refractivity contribution in [3.05, 3.63) is 56.9 Å². The van der Waals surface area contributed by atoms with E-state index in [4.69, 9.17) is 0 Å². The normalized spacial score (nSPS) is 10.2. The Morgan fingerprint density at radius 3 is 2.67 bits per heavy atom. The number of hydrogen-bond donors (Lipinski definition) is 1. The average Bonchev–Trinajstić information content (AvgIpc) is 2.32. The van der Waals surface area contributed by atoms with Gasteiger partial charge in [0.2, 0.25) is 0 Å². The number of pyridine rings is 1. The lowest BCUT2D eigenvalue weighted by atomic mass is 10.2. The number of halogens is 3. The summed E-state index contributed by atoms with van der Waals surface area (Å²) in [6, 6.07) is 7.39. The SMILES string of the molecule is O=C(Nc1ncccc1Br)c1ccc(F)cc1Br. The zero-order valence-electron chi connectivity index (χ0n) is 8.95. The molecule has 0 bridgehead atoms. The van der Waals surface area contributed by atoms with E-state index < -0.39 is 5.82 Å². The highest BCUT2D eigenvalue weighted by molar-refractivity contribution is 9.11. The van der Waals surface area contributed by atoms with Gasteiger partial charge in [-0.2, -0.15) is 0 Å². The van der Waals surface area contributed by atoms with E-state index in [1.807, 2.05) is 0 Å². The van der Waals surface area contributed by atoms with Gasteiger partial charge >= 0.3 is 0 Å². The third-order valence-corrected chi connectivity index (χ3v) is 3.46. The van der Waals surface area contributed by atoms with Gasteiger partial charge < -0.3 is 5.32 Å². The van der Waals surface area contributed by atoms with Crippen molar-refractivity contribution in [2.75, 3.05) is 5.32 Å². The minimum atomic E-state index is -0.405. The number of nitrogens with zero attached hydrogens (tertiary/aromatic N) is 1. The van der Waals surface area contributed by atoms with Crippen molar-refractivity contribution in [2.45, 2.75) is 0 Å². The van der Waals surface area contributed by atoms with Crippen LogP contribution < -0.4 is 5.32 Å². The predicted octanol–water partition coefficient (Wildman–Crippen LogP) is 4.00. The van der Waals surface area contributed by atoms with Gasteiger partial charge in [-0.15, -0.1) is 0 Å². The molecule has 2 rings (SSSR count). The summed E-state index contributed by atoms with van der Waals surface area (Å²) in [5.41, 5.74) is 0.342. The van der Waals surface area contributed by atoms with Gasteiger partial charge in [0.1, 0.15) is 11.6 Å². The lowest BCUT2D eigenvalue weighted by Crippen LogP contribution is -2.14.